The molecule has 2 aromatic carbocycles. The summed E-state index contributed by atoms with van der Waals surface area (Å²) in [6, 6.07) is 10.6. The highest BCUT2D eigenvalue weighted by atomic mass is 16.5. The molecular weight excluding hydrogens is 436 g/mol. The summed E-state index contributed by atoms with van der Waals surface area (Å²) >= 11 is 0. The van der Waals surface area contributed by atoms with Gasteiger partial charge in [-0.05, 0) is 35.7 Å². The molecule has 1 fully saturated rings. The number of nitrogens with zero attached hydrogens (tertiary/aromatic N) is 2. The van der Waals surface area contributed by atoms with Gasteiger partial charge in [0, 0.05) is 25.2 Å². The minimum atomic E-state index is -0.568. The van der Waals surface area contributed by atoms with Crippen LogP contribution in [-0.4, -0.2) is 75.8 Å². The van der Waals surface area contributed by atoms with Crippen LogP contribution in [-0.2, 0) is 9.53 Å². The third kappa shape index (κ3) is 4.18. The number of ether oxygens (including phenoxy) is 4. The van der Waals surface area contributed by atoms with E-state index in [0.717, 1.165) is 17.5 Å². The van der Waals surface area contributed by atoms with Gasteiger partial charge in [0.2, 0.25) is 11.7 Å². The zero-order valence-corrected chi connectivity index (χ0v) is 20.2. The highest BCUT2D eigenvalue weighted by Gasteiger charge is 2.45. The summed E-state index contributed by atoms with van der Waals surface area (Å²) in [5.41, 5.74) is 2.08. The lowest BCUT2D eigenvalue weighted by atomic mass is 9.78. The van der Waals surface area contributed by atoms with Crippen molar-refractivity contribution in [1.29, 1.82) is 0 Å². The topological polar surface area (TPSA) is 77.5 Å². The average Bonchev–Trinajstić information content (AvgIpc) is 2.89. The van der Waals surface area contributed by atoms with Gasteiger partial charge in [0.1, 0.15) is 0 Å². The zero-order chi connectivity index (χ0) is 24.2. The zero-order valence-electron chi connectivity index (χ0n) is 20.2. The largest absolute Gasteiger partial charge is 0.493 e. The molecule has 182 valence electrons. The second-order valence-electron chi connectivity index (χ2n) is 8.40. The van der Waals surface area contributed by atoms with Gasteiger partial charge in [-0.2, -0.15) is 0 Å². The molecule has 1 saturated heterocycles. The van der Waals surface area contributed by atoms with Crippen molar-refractivity contribution in [2.24, 2.45) is 0 Å². The Labute approximate surface area is 200 Å². The van der Waals surface area contributed by atoms with Crippen molar-refractivity contribution in [1.82, 2.24) is 9.80 Å². The fourth-order valence-corrected chi connectivity index (χ4v) is 4.97. The summed E-state index contributed by atoms with van der Waals surface area (Å²) in [4.78, 5) is 31.3. The van der Waals surface area contributed by atoms with Crippen LogP contribution < -0.4 is 14.2 Å². The van der Waals surface area contributed by atoms with E-state index in [1.54, 1.807) is 21.3 Å². The molecule has 0 radical (unpaired) electrons. The van der Waals surface area contributed by atoms with Crippen LogP contribution in [0.4, 0.5) is 0 Å². The quantitative estimate of drug-likeness (QED) is 0.621. The first-order valence-electron chi connectivity index (χ1n) is 11.6. The van der Waals surface area contributed by atoms with Crippen molar-refractivity contribution < 1.29 is 28.5 Å². The number of hydrogen-bond donors (Lipinski definition) is 0. The molecule has 0 unspecified atom stereocenters. The standard InChI is InChI=1S/C26H32N2O6/c1-5-10-28-23(17-15-20(31-2)24(33-4)21(16-17)32-3)22(26(30)27-11-13-34-14-12-27)18-8-6-7-9-19(18)25(28)29/h6-9,15-16,22-23H,5,10-14H2,1-4H3/t22-,23-/m0/s1. The molecule has 8 nitrogen and oxygen atoms in total. The Bertz CT molecular complexity index is 1020. The fraction of sp³-hybridized carbons (Fsp3) is 0.462. The number of methoxy groups -OCH3 is 3. The van der Waals surface area contributed by atoms with E-state index in [4.69, 9.17) is 18.9 Å². The first-order valence-corrected chi connectivity index (χ1v) is 11.6. The molecule has 0 aliphatic carbocycles. The van der Waals surface area contributed by atoms with Gasteiger partial charge in [-0.3, -0.25) is 9.59 Å². The molecule has 0 bridgehead atoms. The first kappa shape index (κ1) is 23.9. The number of amides is 2. The molecule has 2 aliphatic rings. The summed E-state index contributed by atoms with van der Waals surface area (Å²) in [7, 11) is 4.67. The summed E-state index contributed by atoms with van der Waals surface area (Å²) in [5.74, 6) is 0.774. The Morgan fingerprint density at radius 1 is 1.03 bits per heavy atom. The molecule has 2 aromatic rings. The molecular formula is C26H32N2O6. The van der Waals surface area contributed by atoms with Crippen molar-refractivity contribution in [3.8, 4) is 17.2 Å². The molecule has 0 spiro atoms. The fourth-order valence-electron chi connectivity index (χ4n) is 4.97. The van der Waals surface area contributed by atoms with Gasteiger partial charge < -0.3 is 28.7 Å². The van der Waals surface area contributed by atoms with Crippen LogP contribution in [0.2, 0.25) is 0 Å². The third-order valence-corrected chi connectivity index (χ3v) is 6.52. The molecule has 8 heteroatoms. The SMILES string of the molecule is CCCN1C(=O)c2ccccc2[C@H](C(=O)N2CCOCC2)[C@@H]1c1cc(OC)c(OC)c(OC)c1. The predicted octanol–water partition coefficient (Wildman–Crippen LogP) is 3.26. The summed E-state index contributed by atoms with van der Waals surface area (Å²) in [6.45, 7) is 4.61. The van der Waals surface area contributed by atoms with E-state index in [0.29, 0.717) is 55.7 Å². The molecule has 0 N–H and O–H groups in total. The molecule has 0 saturated carbocycles. The summed E-state index contributed by atoms with van der Waals surface area (Å²) in [6.07, 6.45) is 0.757. The van der Waals surface area contributed by atoms with Crippen molar-refractivity contribution in [3.05, 3.63) is 53.1 Å². The van der Waals surface area contributed by atoms with Crippen molar-refractivity contribution >= 4 is 11.8 Å². The van der Waals surface area contributed by atoms with Crippen LogP contribution >= 0.6 is 0 Å². The van der Waals surface area contributed by atoms with E-state index in [2.05, 4.69) is 0 Å². The number of fused-ring (bicyclic) bond motifs is 1. The Morgan fingerprint density at radius 2 is 1.68 bits per heavy atom. The number of morpholine rings is 1. The molecule has 2 heterocycles. The van der Waals surface area contributed by atoms with Crippen LogP contribution in [0.5, 0.6) is 17.2 Å². The van der Waals surface area contributed by atoms with E-state index in [9.17, 15) is 9.59 Å². The maximum Gasteiger partial charge on any atom is 0.254 e. The third-order valence-electron chi connectivity index (χ3n) is 6.52. The van der Waals surface area contributed by atoms with Gasteiger partial charge >= 0.3 is 0 Å². The number of benzene rings is 2. The Kier molecular flexibility index (Phi) is 7.26. The van der Waals surface area contributed by atoms with Gasteiger partial charge in [-0.15, -0.1) is 0 Å². The van der Waals surface area contributed by atoms with E-state index in [1.807, 2.05) is 53.1 Å². The highest BCUT2D eigenvalue weighted by molar-refractivity contribution is 6.01. The Morgan fingerprint density at radius 3 is 2.26 bits per heavy atom. The van der Waals surface area contributed by atoms with Gasteiger partial charge in [-0.25, -0.2) is 0 Å². The Hall–Kier alpha value is -3.26. The van der Waals surface area contributed by atoms with E-state index in [1.165, 1.54) is 0 Å². The maximum absolute atomic E-state index is 14.0. The van der Waals surface area contributed by atoms with Crippen molar-refractivity contribution in [3.63, 3.8) is 0 Å². The molecule has 2 atom stereocenters. The van der Waals surface area contributed by atoms with Crippen LogP contribution in [0.1, 0.15) is 46.8 Å². The van der Waals surface area contributed by atoms with Crippen molar-refractivity contribution in [2.75, 3.05) is 54.2 Å². The number of carbonyl (C=O) groups excluding carboxylic acids is 2. The van der Waals surface area contributed by atoms with Crippen LogP contribution in [0.25, 0.3) is 0 Å². The minimum absolute atomic E-state index is 0.0110. The van der Waals surface area contributed by atoms with Crippen LogP contribution in [0.15, 0.2) is 36.4 Å². The summed E-state index contributed by atoms with van der Waals surface area (Å²) < 4.78 is 22.2. The average molecular weight is 469 g/mol. The highest BCUT2D eigenvalue weighted by Crippen LogP contribution is 2.48. The van der Waals surface area contributed by atoms with Gasteiger partial charge in [0.05, 0.1) is 46.5 Å². The van der Waals surface area contributed by atoms with E-state index in [-0.39, 0.29) is 11.8 Å². The first-order chi connectivity index (χ1) is 16.5. The lowest BCUT2D eigenvalue weighted by Crippen LogP contribution is -2.50. The van der Waals surface area contributed by atoms with E-state index < -0.39 is 12.0 Å². The number of carbonyl (C=O) groups is 2. The predicted molar refractivity (Wildman–Crippen MR) is 127 cm³/mol. The number of hydrogen-bond acceptors (Lipinski definition) is 6. The molecule has 2 amide bonds. The monoisotopic (exact) mass is 468 g/mol. The maximum atomic E-state index is 14.0. The molecule has 34 heavy (non-hydrogen) atoms. The second kappa shape index (κ2) is 10.3. The number of rotatable bonds is 7. The van der Waals surface area contributed by atoms with E-state index >= 15 is 0 Å². The lowest BCUT2D eigenvalue weighted by molar-refractivity contribution is -0.138. The van der Waals surface area contributed by atoms with Gasteiger partial charge in [0.15, 0.2) is 11.5 Å². The molecule has 4 rings (SSSR count). The Balaban J connectivity index is 1.92. The lowest BCUT2D eigenvalue weighted by Gasteiger charge is -2.44. The van der Waals surface area contributed by atoms with Crippen LogP contribution in [0.3, 0.4) is 0 Å². The second-order valence-corrected chi connectivity index (χ2v) is 8.40. The van der Waals surface area contributed by atoms with Gasteiger partial charge in [-0.1, -0.05) is 25.1 Å². The van der Waals surface area contributed by atoms with Gasteiger partial charge in [0.25, 0.3) is 5.91 Å². The smallest absolute Gasteiger partial charge is 0.254 e. The van der Waals surface area contributed by atoms with Crippen LogP contribution in [0, 0.1) is 0 Å². The minimum Gasteiger partial charge on any atom is -0.493 e. The van der Waals surface area contributed by atoms with Crippen molar-refractivity contribution in [2.45, 2.75) is 25.3 Å². The molecule has 2 aliphatic heterocycles. The summed E-state index contributed by atoms with van der Waals surface area (Å²) in [5, 5.41) is 0. The molecule has 0 aromatic heterocycles. The normalized spacial score (nSPS) is 20.1.